The molecule has 0 radical (unpaired) electrons. The minimum atomic E-state index is -0.415. The molecule has 0 aliphatic heterocycles. The number of amides is 1. The van der Waals surface area contributed by atoms with E-state index in [1.807, 2.05) is 66.7 Å². The van der Waals surface area contributed by atoms with Gasteiger partial charge in [0.2, 0.25) is 0 Å². The maximum absolute atomic E-state index is 12.1. The van der Waals surface area contributed by atoms with Crippen molar-refractivity contribution < 1.29 is 14.3 Å². The molecule has 0 aromatic heterocycles. The molecule has 0 spiro atoms. The summed E-state index contributed by atoms with van der Waals surface area (Å²) in [7, 11) is 0. The van der Waals surface area contributed by atoms with Crippen LogP contribution in [0.25, 0.3) is 10.8 Å². The Balaban J connectivity index is 1.38. The number of hydrogen-bond acceptors (Lipinski definition) is 4. The Morgan fingerprint density at radius 3 is 2.54 bits per heavy atom. The average Bonchev–Trinajstić information content (AvgIpc) is 2.71. The van der Waals surface area contributed by atoms with Gasteiger partial charge in [-0.25, -0.2) is 0 Å². The number of esters is 1. The summed E-state index contributed by atoms with van der Waals surface area (Å²) in [5.74, 6) is 0.00199. The minimum Gasteiger partial charge on any atom is -0.455 e. The van der Waals surface area contributed by atoms with Crippen molar-refractivity contribution in [3.8, 4) is 0 Å². The van der Waals surface area contributed by atoms with Crippen LogP contribution in [0.3, 0.4) is 0 Å². The van der Waals surface area contributed by atoms with Crippen LogP contribution in [0.2, 0.25) is 5.02 Å². The molecule has 0 aliphatic rings. The van der Waals surface area contributed by atoms with Crippen LogP contribution in [0.5, 0.6) is 0 Å². The second-order valence-electron chi connectivity index (χ2n) is 6.13. The van der Waals surface area contributed by atoms with Gasteiger partial charge in [-0.15, -0.1) is 11.8 Å². The summed E-state index contributed by atoms with van der Waals surface area (Å²) < 4.78 is 5.11. The van der Waals surface area contributed by atoms with Gasteiger partial charge in [0.15, 0.2) is 6.61 Å². The van der Waals surface area contributed by atoms with E-state index >= 15 is 0 Å². The molecule has 1 amide bonds. The molecule has 144 valence electrons. The third-order valence-electron chi connectivity index (χ3n) is 4.09. The minimum absolute atomic E-state index is 0.140. The molecule has 0 aliphatic carbocycles. The monoisotopic (exact) mass is 413 g/mol. The van der Waals surface area contributed by atoms with E-state index in [4.69, 9.17) is 16.3 Å². The number of thioether (sulfide) groups is 1. The van der Waals surface area contributed by atoms with E-state index in [-0.39, 0.29) is 18.9 Å². The molecule has 3 rings (SSSR count). The summed E-state index contributed by atoms with van der Waals surface area (Å²) >= 11 is 7.46. The number of hydrogen-bond donors (Lipinski definition) is 1. The van der Waals surface area contributed by atoms with Gasteiger partial charge in [-0.2, -0.15) is 0 Å². The van der Waals surface area contributed by atoms with Crippen LogP contribution in [-0.2, 0) is 20.7 Å². The highest BCUT2D eigenvalue weighted by molar-refractivity contribution is 7.99. The number of fused-ring (bicyclic) bond motifs is 1. The SMILES string of the molecule is O=C(COC(=O)Cc1cccc2ccccc12)NCCSc1ccc(Cl)cc1. The van der Waals surface area contributed by atoms with Crippen molar-refractivity contribution in [2.75, 3.05) is 18.9 Å². The van der Waals surface area contributed by atoms with Crippen LogP contribution >= 0.6 is 23.4 Å². The van der Waals surface area contributed by atoms with E-state index in [0.29, 0.717) is 11.6 Å². The van der Waals surface area contributed by atoms with Crippen LogP contribution < -0.4 is 5.32 Å². The number of ether oxygens (including phenoxy) is 1. The maximum Gasteiger partial charge on any atom is 0.310 e. The van der Waals surface area contributed by atoms with Crippen molar-refractivity contribution in [3.05, 3.63) is 77.3 Å². The molecule has 0 saturated heterocycles. The Morgan fingerprint density at radius 2 is 1.71 bits per heavy atom. The molecular weight excluding hydrogens is 394 g/mol. The largest absolute Gasteiger partial charge is 0.455 e. The van der Waals surface area contributed by atoms with Crippen molar-refractivity contribution >= 4 is 46.0 Å². The molecule has 0 bridgehead atoms. The van der Waals surface area contributed by atoms with Crippen LogP contribution in [0.1, 0.15) is 5.56 Å². The van der Waals surface area contributed by atoms with Crippen molar-refractivity contribution in [2.24, 2.45) is 0 Å². The summed E-state index contributed by atoms with van der Waals surface area (Å²) in [6.07, 6.45) is 0.140. The summed E-state index contributed by atoms with van der Waals surface area (Å²) in [5, 5.41) is 5.54. The lowest BCUT2D eigenvalue weighted by molar-refractivity contribution is -0.147. The van der Waals surface area contributed by atoms with Gasteiger partial charge in [0.1, 0.15) is 0 Å². The molecule has 3 aromatic carbocycles. The molecule has 4 nitrogen and oxygen atoms in total. The lowest BCUT2D eigenvalue weighted by Gasteiger charge is -2.08. The van der Waals surface area contributed by atoms with Crippen LogP contribution in [-0.4, -0.2) is 30.8 Å². The fourth-order valence-corrected chi connectivity index (χ4v) is 3.63. The predicted octanol–water partition coefficient (Wildman–Crippen LogP) is 4.49. The summed E-state index contributed by atoms with van der Waals surface area (Å²) in [5.41, 5.74) is 0.892. The molecule has 0 atom stereocenters. The maximum atomic E-state index is 12.1. The van der Waals surface area contributed by atoms with Crippen LogP contribution in [0, 0.1) is 0 Å². The summed E-state index contributed by atoms with van der Waals surface area (Å²) in [6, 6.07) is 21.2. The zero-order valence-electron chi connectivity index (χ0n) is 15.2. The molecule has 0 unspecified atom stereocenters. The first kappa shape index (κ1) is 20.2. The molecule has 6 heteroatoms. The predicted molar refractivity (Wildman–Crippen MR) is 114 cm³/mol. The summed E-state index contributed by atoms with van der Waals surface area (Å²) in [6.45, 7) is 0.224. The Morgan fingerprint density at radius 1 is 0.964 bits per heavy atom. The highest BCUT2D eigenvalue weighted by atomic mass is 35.5. The number of halogens is 1. The van der Waals surface area contributed by atoms with Gasteiger partial charge in [0.25, 0.3) is 5.91 Å². The van der Waals surface area contributed by atoms with Gasteiger partial charge in [-0.05, 0) is 40.6 Å². The van der Waals surface area contributed by atoms with Crippen molar-refractivity contribution in [1.29, 1.82) is 0 Å². The Bertz CT molecular complexity index is 954. The fourth-order valence-electron chi connectivity index (χ4n) is 2.74. The number of carbonyl (C=O) groups is 2. The molecule has 28 heavy (non-hydrogen) atoms. The third-order valence-corrected chi connectivity index (χ3v) is 5.35. The van der Waals surface area contributed by atoms with Gasteiger partial charge in [0, 0.05) is 22.2 Å². The lowest BCUT2D eigenvalue weighted by atomic mass is 10.0. The molecule has 1 N–H and O–H groups in total. The third kappa shape index (κ3) is 6.01. The Labute approximate surface area is 173 Å². The van der Waals surface area contributed by atoms with Gasteiger partial charge >= 0.3 is 5.97 Å². The van der Waals surface area contributed by atoms with Crippen molar-refractivity contribution in [1.82, 2.24) is 5.32 Å². The second kappa shape index (κ2) is 10.2. The fraction of sp³-hybridized carbons (Fsp3) is 0.182. The van der Waals surface area contributed by atoms with Crippen LogP contribution in [0.15, 0.2) is 71.6 Å². The smallest absolute Gasteiger partial charge is 0.310 e. The van der Waals surface area contributed by atoms with E-state index in [0.717, 1.165) is 27.0 Å². The van der Waals surface area contributed by atoms with Gasteiger partial charge < -0.3 is 10.1 Å². The van der Waals surface area contributed by atoms with Crippen molar-refractivity contribution in [3.63, 3.8) is 0 Å². The van der Waals surface area contributed by atoms with E-state index < -0.39 is 5.97 Å². The molecule has 3 aromatic rings. The van der Waals surface area contributed by atoms with E-state index in [1.165, 1.54) is 0 Å². The standard InChI is InChI=1S/C22H20ClNO3S/c23-18-8-10-19(11-9-18)28-13-12-24-21(25)15-27-22(26)14-17-6-3-5-16-4-1-2-7-20(16)17/h1-11H,12-15H2,(H,24,25). The molecular formula is C22H20ClNO3S. The normalized spacial score (nSPS) is 10.6. The zero-order chi connectivity index (χ0) is 19.8. The molecule has 0 heterocycles. The second-order valence-corrected chi connectivity index (χ2v) is 7.73. The number of rotatable bonds is 8. The van der Waals surface area contributed by atoms with Crippen LogP contribution in [0.4, 0.5) is 0 Å². The number of nitrogens with one attached hydrogen (secondary N) is 1. The Hall–Kier alpha value is -2.50. The lowest BCUT2D eigenvalue weighted by Crippen LogP contribution is -2.30. The van der Waals surface area contributed by atoms with E-state index in [1.54, 1.807) is 11.8 Å². The summed E-state index contributed by atoms with van der Waals surface area (Å²) in [4.78, 5) is 25.0. The highest BCUT2D eigenvalue weighted by Gasteiger charge is 2.10. The van der Waals surface area contributed by atoms with Gasteiger partial charge in [-0.1, -0.05) is 54.1 Å². The first-order chi connectivity index (χ1) is 13.6. The first-order valence-corrected chi connectivity index (χ1v) is 10.3. The van der Waals surface area contributed by atoms with Gasteiger partial charge in [-0.3, -0.25) is 9.59 Å². The first-order valence-electron chi connectivity index (χ1n) is 8.89. The topological polar surface area (TPSA) is 55.4 Å². The number of benzene rings is 3. The quantitative estimate of drug-likeness (QED) is 0.336. The average molecular weight is 414 g/mol. The zero-order valence-corrected chi connectivity index (χ0v) is 16.8. The van der Waals surface area contributed by atoms with Crippen molar-refractivity contribution in [2.45, 2.75) is 11.3 Å². The number of carbonyl (C=O) groups excluding carboxylic acids is 2. The highest BCUT2D eigenvalue weighted by Crippen LogP contribution is 2.20. The van der Waals surface area contributed by atoms with Gasteiger partial charge in [0.05, 0.1) is 6.42 Å². The Kier molecular flexibility index (Phi) is 7.34. The molecule has 0 fully saturated rings. The van der Waals surface area contributed by atoms with E-state index in [2.05, 4.69) is 5.32 Å². The van der Waals surface area contributed by atoms with E-state index in [9.17, 15) is 9.59 Å². The molecule has 0 saturated carbocycles.